The monoisotopic (exact) mass is 467 g/mol. The molecular formula is C28H29N5O2. The van der Waals surface area contributed by atoms with E-state index in [9.17, 15) is 9.59 Å². The molecule has 3 heterocycles. The lowest BCUT2D eigenvalue weighted by molar-refractivity contribution is -0.126. The normalized spacial score (nSPS) is 14.1. The van der Waals surface area contributed by atoms with Crippen LogP contribution >= 0.6 is 0 Å². The molecule has 35 heavy (non-hydrogen) atoms. The molecule has 2 aromatic carbocycles. The maximum Gasteiger partial charge on any atom is 0.259 e. The summed E-state index contributed by atoms with van der Waals surface area (Å²) in [7, 11) is 0. The van der Waals surface area contributed by atoms with Crippen LogP contribution in [0.1, 0.15) is 34.5 Å². The fourth-order valence-corrected chi connectivity index (χ4v) is 4.66. The first-order valence-electron chi connectivity index (χ1n) is 12.0. The highest BCUT2D eigenvalue weighted by atomic mass is 16.2. The molecule has 0 unspecified atom stereocenters. The lowest BCUT2D eigenvalue weighted by Gasteiger charge is -2.31. The molecule has 0 spiro atoms. The van der Waals surface area contributed by atoms with Crippen molar-refractivity contribution in [2.75, 3.05) is 13.1 Å². The number of nitrogens with one attached hydrogen (secondary N) is 1. The Morgan fingerprint density at radius 3 is 2.20 bits per heavy atom. The predicted octanol–water partition coefficient (Wildman–Crippen LogP) is 4.14. The van der Waals surface area contributed by atoms with E-state index in [0.717, 1.165) is 17.1 Å². The van der Waals surface area contributed by atoms with Crippen molar-refractivity contribution in [3.63, 3.8) is 0 Å². The van der Waals surface area contributed by atoms with E-state index in [0.29, 0.717) is 43.7 Å². The van der Waals surface area contributed by atoms with Crippen LogP contribution in [0.15, 0.2) is 85.2 Å². The zero-order valence-corrected chi connectivity index (χ0v) is 19.8. The van der Waals surface area contributed by atoms with Crippen LogP contribution in [0.3, 0.4) is 0 Å². The van der Waals surface area contributed by atoms with Gasteiger partial charge in [-0.3, -0.25) is 9.59 Å². The summed E-state index contributed by atoms with van der Waals surface area (Å²) in [5.41, 5.74) is 3.26. The average Bonchev–Trinajstić information content (AvgIpc) is 3.56. The number of para-hydroxylation sites is 1. The molecule has 0 bridgehead atoms. The van der Waals surface area contributed by atoms with Gasteiger partial charge in [-0.05, 0) is 49.6 Å². The molecule has 4 aromatic rings. The molecule has 5 rings (SSSR count). The highest BCUT2D eigenvalue weighted by Gasteiger charge is 2.32. The van der Waals surface area contributed by atoms with E-state index in [1.807, 2.05) is 106 Å². The third-order valence-electron chi connectivity index (χ3n) is 6.56. The Balaban J connectivity index is 1.31. The fraction of sp³-hybridized carbons (Fsp3) is 0.250. The first kappa shape index (κ1) is 22.7. The standard InChI is InChI=1S/C28H29N5O2/c1-21-25(27(31-16-8-9-17-31)33(30-21)24-12-6-3-7-13-24)28(35)32-18-14-23(15-19-32)26(34)29-20-22-10-4-2-5-11-22/h2-13,16-17,23H,14-15,18-20H2,1H3,(H,29,34). The highest BCUT2D eigenvalue weighted by Crippen LogP contribution is 2.27. The number of rotatable bonds is 6. The minimum absolute atomic E-state index is 0.0449. The van der Waals surface area contributed by atoms with Gasteiger partial charge >= 0.3 is 0 Å². The SMILES string of the molecule is Cc1nn(-c2ccccc2)c(-n2cccc2)c1C(=O)N1CCC(C(=O)NCc2ccccc2)CC1. The third kappa shape index (κ3) is 4.75. The number of aryl methyl sites for hydroxylation is 1. The van der Waals surface area contributed by atoms with Crippen molar-refractivity contribution in [3.05, 3.63) is 102 Å². The lowest BCUT2D eigenvalue weighted by Crippen LogP contribution is -2.43. The van der Waals surface area contributed by atoms with Gasteiger partial charge in [0, 0.05) is 37.9 Å². The first-order chi connectivity index (χ1) is 17.1. The van der Waals surface area contributed by atoms with Crippen LogP contribution in [0.25, 0.3) is 11.5 Å². The zero-order valence-electron chi connectivity index (χ0n) is 19.8. The molecule has 178 valence electrons. The maximum atomic E-state index is 13.7. The van der Waals surface area contributed by atoms with Crippen molar-refractivity contribution in [1.82, 2.24) is 24.6 Å². The number of hydrogen-bond donors (Lipinski definition) is 1. The Morgan fingerprint density at radius 2 is 1.54 bits per heavy atom. The third-order valence-corrected chi connectivity index (χ3v) is 6.56. The molecule has 0 radical (unpaired) electrons. The molecular weight excluding hydrogens is 438 g/mol. The molecule has 1 saturated heterocycles. The minimum atomic E-state index is -0.0835. The van der Waals surface area contributed by atoms with Gasteiger partial charge in [-0.2, -0.15) is 5.10 Å². The van der Waals surface area contributed by atoms with Crippen LogP contribution in [-0.4, -0.2) is 44.2 Å². The van der Waals surface area contributed by atoms with Gasteiger partial charge in [-0.25, -0.2) is 4.68 Å². The topological polar surface area (TPSA) is 72.2 Å². The molecule has 2 aromatic heterocycles. The van der Waals surface area contributed by atoms with Gasteiger partial charge in [-0.15, -0.1) is 0 Å². The van der Waals surface area contributed by atoms with E-state index in [4.69, 9.17) is 5.10 Å². The Bertz CT molecular complexity index is 1290. The van der Waals surface area contributed by atoms with E-state index in [1.165, 1.54) is 0 Å². The van der Waals surface area contributed by atoms with E-state index in [1.54, 1.807) is 0 Å². The summed E-state index contributed by atoms with van der Waals surface area (Å²) in [6, 6.07) is 23.6. The lowest BCUT2D eigenvalue weighted by atomic mass is 9.95. The quantitative estimate of drug-likeness (QED) is 0.463. The van der Waals surface area contributed by atoms with Crippen LogP contribution < -0.4 is 5.32 Å². The summed E-state index contributed by atoms with van der Waals surface area (Å²) in [6.07, 6.45) is 5.15. The van der Waals surface area contributed by atoms with E-state index < -0.39 is 0 Å². The van der Waals surface area contributed by atoms with Gasteiger partial charge in [0.25, 0.3) is 5.91 Å². The zero-order chi connectivity index (χ0) is 24.2. The molecule has 1 fully saturated rings. The molecule has 7 nitrogen and oxygen atoms in total. The number of amides is 2. The number of benzene rings is 2. The Labute approximate surface area is 205 Å². The Morgan fingerprint density at radius 1 is 0.914 bits per heavy atom. The number of carbonyl (C=O) groups excluding carboxylic acids is 2. The van der Waals surface area contributed by atoms with E-state index in [-0.39, 0.29) is 17.7 Å². The van der Waals surface area contributed by atoms with Crippen LogP contribution in [0.5, 0.6) is 0 Å². The van der Waals surface area contributed by atoms with Crippen molar-refractivity contribution in [3.8, 4) is 11.5 Å². The number of piperidine rings is 1. The van der Waals surface area contributed by atoms with Crippen molar-refractivity contribution >= 4 is 11.8 Å². The number of likely N-dealkylation sites (tertiary alicyclic amines) is 1. The van der Waals surface area contributed by atoms with Crippen molar-refractivity contribution in [2.24, 2.45) is 5.92 Å². The first-order valence-corrected chi connectivity index (χ1v) is 12.0. The summed E-state index contributed by atoms with van der Waals surface area (Å²) >= 11 is 0. The minimum Gasteiger partial charge on any atom is -0.352 e. The number of carbonyl (C=O) groups is 2. The predicted molar refractivity (Wildman–Crippen MR) is 135 cm³/mol. The summed E-state index contributed by atoms with van der Waals surface area (Å²) in [5.74, 6) is 0.657. The second kappa shape index (κ2) is 10.0. The number of nitrogens with zero attached hydrogens (tertiary/aromatic N) is 4. The van der Waals surface area contributed by atoms with Crippen LogP contribution in [0.2, 0.25) is 0 Å². The number of aromatic nitrogens is 3. The average molecular weight is 468 g/mol. The molecule has 0 saturated carbocycles. The Hall–Kier alpha value is -4.13. The largest absolute Gasteiger partial charge is 0.352 e. The second-order valence-electron chi connectivity index (χ2n) is 8.89. The van der Waals surface area contributed by atoms with Crippen LogP contribution in [-0.2, 0) is 11.3 Å². The van der Waals surface area contributed by atoms with Gasteiger partial charge in [-0.1, -0.05) is 48.5 Å². The number of hydrogen-bond acceptors (Lipinski definition) is 3. The van der Waals surface area contributed by atoms with Crippen molar-refractivity contribution < 1.29 is 9.59 Å². The van der Waals surface area contributed by atoms with Gasteiger partial charge in [0.15, 0.2) is 5.82 Å². The van der Waals surface area contributed by atoms with E-state index in [2.05, 4.69) is 5.32 Å². The van der Waals surface area contributed by atoms with Crippen LogP contribution in [0.4, 0.5) is 0 Å². The van der Waals surface area contributed by atoms with Crippen molar-refractivity contribution in [1.29, 1.82) is 0 Å². The summed E-state index contributed by atoms with van der Waals surface area (Å²) in [5, 5.41) is 7.78. The fourth-order valence-electron chi connectivity index (χ4n) is 4.66. The summed E-state index contributed by atoms with van der Waals surface area (Å²) in [6.45, 7) is 3.49. The van der Waals surface area contributed by atoms with Gasteiger partial charge < -0.3 is 14.8 Å². The highest BCUT2D eigenvalue weighted by molar-refractivity contribution is 5.99. The smallest absolute Gasteiger partial charge is 0.259 e. The van der Waals surface area contributed by atoms with E-state index >= 15 is 0 Å². The molecule has 0 atom stereocenters. The Kier molecular flexibility index (Phi) is 6.48. The maximum absolute atomic E-state index is 13.7. The molecule has 1 aliphatic heterocycles. The molecule has 7 heteroatoms. The molecule has 1 aliphatic rings. The van der Waals surface area contributed by atoms with Gasteiger partial charge in [0.2, 0.25) is 5.91 Å². The van der Waals surface area contributed by atoms with Crippen molar-refractivity contribution in [2.45, 2.75) is 26.3 Å². The molecule has 2 amide bonds. The summed E-state index contributed by atoms with van der Waals surface area (Å²) < 4.78 is 3.76. The molecule has 1 N–H and O–H groups in total. The van der Waals surface area contributed by atoms with Gasteiger partial charge in [0.1, 0.15) is 5.56 Å². The van der Waals surface area contributed by atoms with Gasteiger partial charge in [0.05, 0.1) is 11.4 Å². The molecule has 0 aliphatic carbocycles. The second-order valence-corrected chi connectivity index (χ2v) is 8.89. The summed E-state index contributed by atoms with van der Waals surface area (Å²) in [4.78, 5) is 28.3. The van der Waals surface area contributed by atoms with Crippen LogP contribution in [0, 0.1) is 12.8 Å².